The van der Waals surface area contributed by atoms with Crippen LogP contribution in [0.15, 0.2) is 77.9 Å². The second-order valence-corrected chi connectivity index (χ2v) is 5.44. The first-order chi connectivity index (χ1) is 11.6. The average Bonchev–Trinajstić information content (AvgIpc) is 2.63. The number of carbonyl (C=O) groups excluding carboxylic acids is 1. The van der Waals surface area contributed by atoms with Crippen molar-refractivity contribution in [1.82, 2.24) is 14.9 Å². The number of carbonyl (C=O) groups is 1. The van der Waals surface area contributed by atoms with Crippen LogP contribution in [-0.4, -0.2) is 15.5 Å². The number of pyridine rings is 2. The van der Waals surface area contributed by atoms with Crippen molar-refractivity contribution in [1.29, 1.82) is 0 Å². The molecular formula is C19H17N3O2. The number of hydrogen-bond donors (Lipinski definition) is 1. The number of amides is 1. The van der Waals surface area contributed by atoms with Crippen LogP contribution < -0.4 is 10.9 Å². The number of nitrogens with zero attached hydrogens (tertiary/aromatic N) is 2. The summed E-state index contributed by atoms with van der Waals surface area (Å²) in [7, 11) is 1.62. The van der Waals surface area contributed by atoms with Crippen molar-refractivity contribution in [3.8, 4) is 0 Å². The highest BCUT2D eigenvalue weighted by molar-refractivity contribution is 5.94. The van der Waals surface area contributed by atoms with Crippen LogP contribution in [-0.2, 0) is 7.05 Å². The summed E-state index contributed by atoms with van der Waals surface area (Å²) in [4.78, 5) is 28.5. The van der Waals surface area contributed by atoms with E-state index in [0.29, 0.717) is 5.56 Å². The fourth-order valence-electron chi connectivity index (χ4n) is 2.46. The van der Waals surface area contributed by atoms with Crippen molar-refractivity contribution in [2.45, 2.75) is 6.04 Å². The molecule has 1 amide bonds. The van der Waals surface area contributed by atoms with Gasteiger partial charge in [-0.1, -0.05) is 36.4 Å². The summed E-state index contributed by atoms with van der Waals surface area (Å²) in [6.07, 6.45) is 3.22. The largest absolute Gasteiger partial charge is 0.339 e. The average molecular weight is 319 g/mol. The molecule has 0 aliphatic heterocycles. The van der Waals surface area contributed by atoms with Crippen LogP contribution in [0.4, 0.5) is 0 Å². The maximum absolute atomic E-state index is 12.6. The van der Waals surface area contributed by atoms with Gasteiger partial charge >= 0.3 is 0 Å². The Morgan fingerprint density at radius 1 is 1.04 bits per heavy atom. The maximum Gasteiger partial charge on any atom is 0.253 e. The molecule has 0 aliphatic rings. The van der Waals surface area contributed by atoms with Crippen LogP contribution in [0, 0.1) is 0 Å². The highest BCUT2D eigenvalue weighted by Gasteiger charge is 2.19. The van der Waals surface area contributed by atoms with Crippen LogP contribution in [0.5, 0.6) is 0 Å². The zero-order chi connectivity index (χ0) is 16.9. The van der Waals surface area contributed by atoms with E-state index in [1.807, 2.05) is 48.5 Å². The van der Waals surface area contributed by atoms with Gasteiger partial charge in [0.1, 0.15) is 0 Å². The predicted octanol–water partition coefficient (Wildman–Crippen LogP) is 2.30. The first kappa shape index (κ1) is 15.7. The van der Waals surface area contributed by atoms with Crippen molar-refractivity contribution in [2.24, 2.45) is 7.05 Å². The first-order valence-corrected chi connectivity index (χ1v) is 7.58. The summed E-state index contributed by atoms with van der Waals surface area (Å²) >= 11 is 0. The van der Waals surface area contributed by atoms with E-state index in [0.717, 1.165) is 11.3 Å². The number of nitrogens with one attached hydrogen (secondary N) is 1. The van der Waals surface area contributed by atoms with Gasteiger partial charge < -0.3 is 9.88 Å². The number of aryl methyl sites for hydroxylation is 1. The fraction of sp³-hybridized carbons (Fsp3) is 0.105. The minimum absolute atomic E-state index is 0.157. The summed E-state index contributed by atoms with van der Waals surface area (Å²) in [5, 5.41) is 3.00. The van der Waals surface area contributed by atoms with E-state index in [2.05, 4.69) is 10.3 Å². The lowest BCUT2D eigenvalue weighted by atomic mass is 10.0. The lowest BCUT2D eigenvalue weighted by molar-refractivity contribution is 0.0941. The van der Waals surface area contributed by atoms with Crippen LogP contribution in [0.2, 0.25) is 0 Å². The molecule has 2 aromatic heterocycles. The second-order valence-electron chi connectivity index (χ2n) is 5.44. The number of rotatable bonds is 4. The minimum Gasteiger partial charge on any atom is -0.339 e. The second kappa shape index (κ2) is 6.91. The molecule has 3 rings (SSSR count). The van der Waals surface area contributed by atoms with Crippen LogP contribution in [0.1, 0.15) is 27.7 Å². The molecule has 2 heterocycles. The van der Waals surface area contributed by atoms with Gasteiger partial charge in [0.25, 0.3) is 5.91 Å². The maximum atomic E-state index is 12.6. The van der Waals surface area contributed by atoms with Gasteiger partial charge in [0.2, 0.25) is 5.56 Å². The standard InChI is InChI=1S/C19H17N3O2/c1-22-13-15(10-11-17(22)23)19(24)21-18(14-7-3-2-4-8-14)16-9-5-6-12-20-16/h2-13,18H,1H3,(H,21,24). The molecule has 0 saturated carbocycles. The van der Waals surface area contributed by atoms with Crippen molar-refractivity contribution < 1.29 is 4.79 Å². The molecule has 1 unspecified atom stereocenters. The van der Waals surface area contributed by atoms with Gasteiger partial charge in [-0.05, 0) is 23.8 Å². The van der Waals surface area contributed by atoms with Crippen LogP contribution in [0.25, 0.3) is 0 Å². The molecule has 24 heavy (non-hydrogen) atoms. The molecule has 1 N–H and O–H groups in total. The van der Waals surface area contributed by atoms with E-state index in [1.165, 1.54) is 22.9 Å². The fourth-order valence-corrected chi connectivity index (χ4v) is 2.46. The third-order valence-corrected chi connectivity index (χ3v) is 3.74. The summed E-state index contributed by atoms with van der Waals surface area (Å²) in [5.74, 6) is -0.259. The third-order valence-electron chi connectivity index (χ3n) is 3.74. The molecule has 1 atom stereocenters. The monoisotopic (exact) mass is 319 g/mol. The number of benzene rings is 1. The predicted molar refractivity (Wildman–Crippen MR) is 91.7 cm³/mol. The van der Waals surface area contributed by atoms with E-state index in [1.54, 1.807) is 13.2 Å². The quantitative estimate of drug-likeness (QED) is 0.802. The molecule has 0 spiro atoms. The molecule has 0 bridgehead atoms. The molecule has 5 heteroatoms. The van der Waals surface area contributed by atoms with Crippen molar-refractivity contribution in [3.05, 3.63) is 100 Å². The minimum atomic E-state index is -0.364. The normalized spacial score (nSPS) is 11.7. The Labute approximate surface area is 139 Å². The molecule has 0 radical (unpaired) electrons. The van der Waals surface area contributed by atoms with Gasteiger partial charge in [-0.15, -0.1) is 0 Å². The molecule has 0 fully saturated rings. The van der Waals surface area contributed by atoms with Crippen molar-refractivity contribution in [3.63, 3.8) is 0 Å². The van der Waals surface area contributed by atoms with E-state index in [9.17, 15) is 9.59 Å². The Morgan fingerprint density at radius 3 is 2.46 bits per heavy atom. The molecule has 120 valence electrons. The van der Waals surface area contributed by atoms with E-state index >= 15 is 0 Å². The summed E-state index contributed by atoms with van der Waals surface area (Å²) in [6, 6.07) is 17.8. The Morgan fingerprint density at radius 2 is 1.79 bits per heavy atom. The Kier molecular flexibility index (Phi) is 4.52. The highest BCUT2D eigenvalue weighted by atomic mass is 16.2. The molecule has 1 aromatic carbocycles. The zero-order valence-corrected chi connectivity index (χ0v) is 13.2. The SMILES string of the molecule is Cn1cc(C(=O)NC(c2ccccc2)c2ccccn2)ccc1=O. The molecule has 3 aromatic rings. The van der Waals surface area contributed by atoms with Gasteiger partial charge in [-0.25, -0.2) is 0 Å². The van der Waals surface area contributed by atoms with Gasteiger partial charge in [0.05, 0.1) is 17.3 Å². The zero-order valence-electron chi connectivity index (χ0n) is 13.2. The Hall–Kier alpha value is -3.21. The smallest absolute Gasteiger partial charge is 0.253 e. The summed E-state index contributed by atoms with van der Waals surface area (Å²) in [6.45, 7) is 0. The summed E-state index contributed by atoms with van der Waals surface area (Å²) < 4.78 is 1.38. The molecule has 0 saturated heterocycles. The highest BCUT2D eigenvalue weighted by Crippen LogP contribution is 2.20. The van der Waals surface area contributed by atoms with Gasteiger partial charge in [0, 0.05) is 25.5 Å². The van der Waals surface area contributed by atoms with Crippen LogP contribution in [0.3, 0.4) is 0 Å². The third kappa shape index (κ3) is 3.41. The Bertz CT molecular complexity index is 850. The number of aromatic nitrogens is 2. The molecule has 5 nitrogen and oxygen atoms in total. The molecule has 0 aliphatic carbocycles. The van der Waals surface area contributed by atoms with Crippen LogP contribution >= 0.6 is 0 Å². The van der Waals surface area contributed by atoms with Gasteiger partial charge in [-0.3, -0.25) is 14.6 Å². The van der Waals surface area contributed by atoms with E-state index < -0.39 is 0 Å². The molecular weight excluding hydrogens is 302 g/mol. The van der Waals surface area contributed by atoms with Crippen molar-refractivity contribution in [2.75, 3.05) is 0 Å². The lowest BCUT2D eigenvalue weighted by Crippen LogP contribution is -2.31. The first-order valence-electron chi connectivity index (χ1n) is 7.58. The van der Waals surface area contributed by atoms with Gasteiger partial charge in [0.15, 0.2) is 0 Å². The van der Waals surface area contributed by atoms with Crippen molar-refractivity contribution >= 4 is 5.91 Å². The van der Waals surface area contributed by atoms with E-state index in [4.69, 9.17) is 0 Å². The number of hydrogen-bond acceptors (Lipinski definition) is 3. The summed E-state index contributed by atoms with van der Waals surface area (Å²) in [5.41, 5.74) is 1.96. The lowest BCUT2D eigenvalue weighted by Gasteiger charge is -2.19. The Balaban J connectivity index is 1.93. The topological polar surface area (TPSA) is 64.0 Å². The van der Waals surface area contributed by atoms with Gasteiger partial charge in [-0.2, -0.15) is 0 Å². The van der Waals surface area contributed by atoms with E-state index in [-0.39, 0.29) is 17.5 Å².